The summed E-state index contributed by atoms with van der Waals surface area (Å²) in [6, 6.07) is 29.0. The summed E-state index contributed by atoms with van der Waals surface area (Å²) in [5.41, 5.74) is 1.82. The van der Waals surface area contributed by atoms with E-state index in [9.17, 15) is 18.0 Å². The number of esters is 2. The Bertz CT molecular complexity index is 1860. The van der Waals surface area contributed by atoms with Gasteiger partial charge in [-0.15, -0.1) is 0 Å². The second kappa shape index (κ2) is 11.8. The molecule has 1 heterocycles. The first-order valence-electron chi connectivity index (χ1n) is 13.3. The first-order valence-corrected chi connectivity index (χ1v) is 14.8. The van der Waals surface area contributed by atoms with Crippen LogP contribution >= 0.6 is 0 Å². The molecular weight excluding hydrogens is 538 g/mol. The summed E-state index contributed by atoms with van der Waals surface area (Å²) in [7, 11) is -4.09. The fourth-order valence-electron chi connectivity index (χ4n) is 4.98. The highest BCUT2D eigenvalue weighted by molar-refractivity contribution is 7.90. The van der Waals surface area contributed by atoms with Gasteiger partial charge in [0.1, 0.15) is 5.57 Å². The average Bonchev–Trinajstić information content (AvgIpc) is 3.30. The number of benzene rings is 4. The molecule has 0 bridgehead atoms. The Hall–Kier alpha value is -4.69. The molecule has 0 N–H and O–H groups in total. The van der Waals surface area contributed by atoms with Gasteiger partial charge in [-0.25, -0.2) is 22.0 Å². The van der Waals surface area contributed by atoms with E-state index in [0.29, 0.717) is 22.2 Å². The molecule has 7 nitrogen and oxygen atoms in total. The number of ether oxygens (including phenoxy) is 2. The minimum atomic E-state index is -4.09. The monoisotopic (exact) mass is 567 g/mol. The normalized spacial score (nSPS) is 11.4. The van der Waals surface area contributed by atoms with Crippen LogP contribution in [0.2, 0.25) is 0 Å². The highest BCUT2D eigenvalue weighted by atomic mass is 32.2. The van der Waals surface area contributed by atoms with Gasteiger partial charge in [0.2, 0.25) is 0 Å². The number of para-hydroxylation sites is 1. The number of hydrogen-bond acceptors (Lipinski definition) is 6. The molecule has 0 radical (unpaired) electrons. The zero-order chi connectivity index (χ0) is 29.0. The minimum Gasteiger partial charge on any atom is -0.462 e. The fraction of sp³-hybridized carbons (Fsp3) is 0.152. The molecule has 0 saturated heterocycles. The van der Waals surface area contributed by atoms with E-state index in [4.69, 9.17) is 9.47 Å². The zero-order valence-corrected chi connectivity index (χ0v) is 23.6. The van der Waals surface area contributed by atoms with E-state index in [-0.39, 0.29) is 30.1 Å². The van der Waals surface area contributed by atoms with Crippen LogP contribution < -0.4 is 0 Å². The lowest BCUT2D eigenvalue weighted by Crippen LogP contribution is -2.19. The smallest absolute Gasteiger partial charge is 0.345 e. The standard InChI is InChI=1S/C33H29NO6S/c1-3-39-32(35)29(33(36)40-4-2)22-28-27-19-10-11-20-30(27)34(41(37,38)25-16-6-5-7-17-25)31(28)21-24-15-12-14-23-13-8-9-18-26(23)24/h5-20,22H,3-4,21H2,1-2H3. The number of nitrogens with zero attached hydrogens (tertiary/aromatic N) is 1. The lowest BCUT2D eigenvalue weighted by Gasteiger charge is -2.14. The Morgan fingerprint density at radius 1 is 0.732 bits per heavy atom. The number of rotatable bonds is 9. The summed E-state index contributed by atoms with van der Waals surface area (Å²) in [5, 5.41) is 2.54. The molecule has 0 aliphatic heterocycles. The summed E-state index contributed by atoms with van der Waals surface area (Å²) in [6.07, 6.45) is 1.60. The van der Waals surface area contributed by atoms with Gasteiger partial charge in [-0.2, -0.15) is 0 Å². The number of fused-ring (bicyclic) bond motifs is 2. The van der Waals surface area contributed by atoms with Crippen LogP contribution in [0.4, 0.5) is 0 Å². The van der Waals surface area contributed by atoms with Gasteiger partial charge in [0, 0.05) is 23.1 Å². The van der Waals surface area contributed by atoms with Crippen molar-refractivity contribution in [3.8, 4) is 0 Å². The lowest BCUT2D eigenvalue weighted by atomic mass is 9.98. The SMILES string of the molecule is CCOC(=O)C(=Cc1c(Cc2cccc3ccccc23)n(S(=O)(=O)c2ccccc2)c2ccccc12)C(=O)OCC. The summed E-state index contributed by atoms with van der Waals surface area (Å²) in [4.78, 5) is 26.0. The molecule has 208 valence electrons. The molecule has 5 aromatic rings. The Kier molecular flexibility index (Phi) is 8.03. The molecule has 0 aliphatic rings. The molecule has 0 aliphatic carbocycles. The summed E-state index contributed by atoms with van der Waals surface area (Å²) in [6.45, 7) is 3.40. The maximum Gasteiger partial charge on any atom is 0.345 e. The van der Waals surface area contributed by atoms with Crippen LogP contribution in [0.5, 0.6) is 0 Å². The number of hydrogen-bond donors (Lipinski definition) is 0. The van der Waals surface area contributed by atoms with Crippen LogP contribution in [0, 0.1) is 0 Å². The second-order valence-corrected chi connectivity index (χ2v) is 11.1. The number of carbonyl (C=O) groups is 2. The van der Waals surface area contributed by atoms with Crippen LogP contribution in [0.25, 0.3) is 27.8 Å². The third-order valence-corrected chi connectivity index (χ3v) is 8.53. The van der Waals surface area contributed by atoms with Gasteiger partial charge in [-0.1, -0.05) is 78.9 Å². The molecule has 0 fully saturated rings. The molecule has 0 unspecified atom stereocenters. The van der Waals surface area contributed by atoms with Gasteiger partial charge in [-0.3, -0.25) is 0 Å². The zero-order valence-electron chi connectivity index (χ0n) is 22.7. The Labute approximate surface area is 238 Å². The van der Waals surface area contributed by atoms with Crippen molar-refractivity contribution < 1.29 is 27.5 Å². The first kappa shape index (κ1) is 27.9. The van der Waals surface area contributed by atoms with E-state index < -0.39 is 22.0 Å². The molecule has 0 atom stereocenters. The fourth-order valence-corrected chi connectivity index (χ4v) is 6.56. The topological polar surface area (TPSA) is 91.7 Å². The van der Waals surface area contributed by atoms with Gasteiger partial charge in [0.15, 0.2) is 0 Å². The van der Waals surface area contributed by atoms with Crippen LogP contribution in [0.1, 0.15) is 30.7 Å². The van der Waals surface area contributed by atoms with E-state index in [0.717, 1.165) is 16.3 Å². The maximum absolute atomic E-state index is 14.3. The van der Waals surface area contributed by atoms with Crippen molar-refractivity contribution in [2.24, 2.45) is 0 Å². The predicted octanol–water partition coefficient (Wildman–Crippen LogP) is 6.13. The molecular formula is C33H29NO6S. The summed E-state index contributed by atoms with van der Waals surface area (Å²) < 4.78 is 40.2. The first-order chi connectivity index (χ1) is 19.9. The van der Waals surface area contributed by atoms with E-state index in [1.807, 2.05) is 42.5 Å². The van der Waals surface area contributed by atoms with Gasteiger partial charge in [-0.05, 0) is 54.5 Å². The number of carbonyl (C=O) groups excluding carboxylic acids is 2. The molecule has 4 aromatic carbocycles. The molecule has 5 rings (SSSR count). The molecule has 0 saturated carbocycles. The van der Waals surface area contributed by atoms with E-state index in [1.165, 1.54) is 10.0 Å². The van der Waals surface area contributed by atoms with Crippen molar-refractivity contribution in [2.75, 3.05) is 13.2 Å². The Morgan fingerprint density at radius 2 is 1.32 bits per heavy atom. The lowest BCUT2D eigenvalue weighted by molar-refractivity contribution is -0.146. The van der Waals surface area contributed by atoms with Gasteiger partial charge in [0.25, 0.3) is 10.0 Å². The van der Waals surface area contributed by atoms with Crippen LogP contribution in [0.15, 0.2) is 108 Å². The third-order valence-electron chi connectivity index (χ3n) is 6.77. The molecule has 41 heavy (non-hydrogen) atoms. The van der Waals surface area contributed by atoms with E-state index in [2.05, 4.69) is 0 Å². The van der Waals surface area contributed by atoms with Crippen LogP contribution in [-0.4, -0.2) is 37.5 Å². The summed E-state index contributed by atoms with van der Waals surface area (Å²) >= 11 is 0. The highest BCUT2D eigenvalue weighted by Gasteiger charge is 2.29. The van der Waals surface area contributed by atoms with E-state index in [1.54, 1.807) is 68.4 Å². The Balaban J connectivity index is 1.86. The van der Waals surface area contributed by atoms with Crippen molar-refractivity contribution in [3.05, 3.63) is 119 Å². The highest BCUT2D eigenvalue weighted by Crippen LogP contribution is 2.35. The molecule has 8 heteroatoms. The second-order valence-electron chi connectivity index (χ2n) is 9.27. The largest absolute Gasteiger partial charge is 0.462 e. The van der Waals surface area contributed by atoms with Crippen molar-refractivity contribution in [1.82, 2.24) is 3.97 Å². The number of aromatic nitrogens is 1. The predicted molar refractivity (Wildman–Crippen MR) is 159 cm³/mol. The van der Waals surface area contributed by atoms with E-state index >= 15 is 0 Å². The van der Waals surface area contributed by atoms with Gasteiger partial charge in [0.05, 0.1) is 23.6 Å². The maximum atomic E-state index is 14.3. The minimum absolute atomic E-state index is 0.0581. The third kappa shape index (κ3) is 5.38. The molecule has 0 amide bonds. The van der Waals surface area contributed by atoms with Crippen molar-refractivity contribution >= 4 is 49.7 Å². The van der Waals surface area contributed by atoms with Crippen LogP contribution in [-0.2, 0) is 35.5 Å². The quantitative estimate of drug-likeness (QED) is 0.0921. The summed E-state index contributed by atoms with van der Waals surface area (Å²) in [5.74, 6) is -1.69. The molecule has 1 aromatic heterocycles. The van der Waals surface area contributed by atoms with Crippen LogP contribution in [0.3, 0.4) is 0 Å². The van der Waals surface area contributed by atoms with Gasteiger partial charge < -0.3 is 9.47 Å². The van der Waals surface area contributed by atoms with Gasteiger partial charge >= 0.3 is 11.9 Å². The van der Waals surface area contributed by atoms with Crippen molar-refractivity contribution in [1.29, 1.82) is 0 Å². The Morgan fingerprint density at radius 3 is 2.00 bits per heavy atom. The van der Waals surface area contributed by atoms with Crippen molar-refractivity contribution in [3.63, 3.8) is 0 Å². The average molecular weight is 568 g/mol. The van der Waals surface area contributed by atoms with Crippen molar-refractivity contribution in [2.45, 2.75) is 25.2 Å². The molecule has 0 spiro atoms.